The fraction of sp³-hybridized carbons (Fsp3) is 0.500. The molecular formula is C2H6Cl3S. The summed E-state index contributed by atoms with van der Waals surface area (Å²) in [6, 6.07) is 0. The Hall–Kier alpha value is 1.22. The normalized spacial score (nSPS) is 19.2. The van der Waals surface area contributed by atoms with Gasteiger partial charge in [-0.2, -0.15) is 0 Å². The Labute approximate surface area is 51.6 Å². The van der Waals surface area contributed by atoms with Gasteiger partial charge in [0.2, 0.25) is 0 Å². The lowest BCUT2D eigenvalue weighted by Gasteiger charge is -2.31. The van der Waals surface area contributed by atoms with Crippen LogP contribution in [0.15, 0.2) is 0 Å². The minimum absolute atomic E-state index is 1.52. The third-order valence-electron chi connectivity index (χ3n) is 0. The maximum atomic E-state index is 5.34. The van der Waals surface area contributed by atoms with E-state index >= 15 is 0 Å². The molecule has 0 rings (SSSR count). The standard InChI is InChI=1S/C2H6Cl3S/c1-6(2,3,4)5/h6H,1H2,2H3. The Morgan fingerprint density at radius 1 is 1.33 bits per heavy atom. The van der Waals surface area contributed by atoms with E-state index in [-0.39, 0.29) is 0 Å². The first-order valence-corrected chi connectivity index (χ1v) is 6.85. The SMILES string of the molecule is [CH2][SH](C)(Cl)(Cl)Cl. The second-order valence-corrected chi connectivity index (χ2v) is 13.9. The summed E-state index contributed by atoms with van der Waals surface area (Å²) in [4.78, 5) is 0. The molecule has 0 fully saturated rings. The second kappa shape index (κ2) is 1.35. The van der Waals surface area contributed by atoms with Crippen molar-refractivity contribution in [2.45, 2.75) is 0 Å². The number of hydrogen-bond donors (Lipinski definition) is 1. The van der Waals surface area contributed by atoms with Gasteiger partial charge in [-0.1, -0.05) is 32.0 Å². The maximum absolute atomic E-state index is 5.34. The lowest BCUT2D eigenvalue weighted by Crippen LogP contribution is -1.76. The Morgan fingerprint density at radius 2 is 1.33 bits per heavy atom. The summed E-state index contributed by atoms with van der Waals surface area (Å²) in [6.07, 6.45) is 4.85. The fourth-order valence-corrected chi connectivity index (χ4v) is 0. The van der Waals surface area contributed by atoms with E-state index in [4.69, 9.17) is 32.0 Å². The molecule has 0 saturated carbocycles. The molecule has 41 valence electrons. The van der Waals surface area contributed by atoms with Gasteiger partial charge >= 0.3 is 0 Å². The zero-order valence-electron chi connectivity index (χ0n) is 3.29. The van der Waals surface area contributed by atoms with Crippen LogP contribution < -0.4 is 0 Å². The van der Waals surface area contributed by atoms with E-state index in [1.807, 2.05) is 0 Å². The van der Waals surface area contributed by atoms with E-state index in [1.165, 1.54) is 6.26 Å². The van der Waals surface area contributed by atoms with Crippen molar-refractivity contribution in [2.75, 3.05) is 6.26 Å². The quantitative estimate of drug-likeness (QED) is 0.528. The molecule has 4 heteroatoms. The van der Waals surface area contributed by atoms with Crippen molar-refractivity contribution in [3.8, 4) is 0 Å². The van der Waals surface area contributed by atoms with Crippen molar-refractivity contribution in [2.24, 2.45) is 0 Å². The van der Waals surface area contributed by atoms with E-state index in [1.54, 1.807) is 0 Å². The molecule has 0 aliphatic rings. The molecule has 0 aromatic heterocycles. The molecule has 0 aliphatic heterocycles. The monoisotopic (exact) mass is 167 g/mol. The topological polar surface area (TPSA) is 0 Å². The molecule has 0 atom stereocenters. The third kappa shape index (κ3) is 62.5. The van der Waals surface area contributed by atoms with Crippen molar-refractivity contribution in [1.29, 1.82) is 0 Å². The van der Waals surface area contributed by atoms with Crippen molar-refractivity contribution in [1.82, 2.24) is 0 Å². The minimum Gasteiger partial charge on any atom is -0.106 e. The summed E-state index contributed by atoms with van der Waals surface area (Å²) in [6.45, 7) is -2.88. The molecule has 6 heavy (non-hydrogen) atoms. The smallest absolute Gasteiger partial charge is 0.00584 e. The highest BCUT2D eigenvalue weighted by atomic mass is 36.2. The van der Waals surface area contributed by atoms with Gasteiger partial charge in [-0.25, -0.2) is 0 Å². The molecule has 0 heterocycles. The van der Waals surface area contributed by atoms with E-state index in [2.05, 4.69) is 6.26 Å². The van der Waals surface area contributed by atoms with E-state index < -0.39 is 6.80 Å². The summed E-state index contributed by atoms with van der Waals surface area (Å²) in [5.41, 5.74) is 0. The molecule has 0 amide bonds. The van der Waals surface area contributed by atoms with Gasteiger partial charge in [0.25, 0.3) is 0 Å². The molecule has 0 bridgehead atoms. The average Bonchev–Trinajstić information content (AvgIpc) is 0.650. The number of rotatable bonds is 0. The van der Waals surface area contributed by atoms with Crippen molar-refractivity contribution in [3.05, 3.63) is 6.26 Å². The van der Waals surface area contributed by atoms with E-state index in [0.717, 1.165) is 0 Å². The third-order valence-corrected chi connectivity index (χ3v) is 0. The maximum Gasteiger partial charge on any atom is 0.00584 e. The molecular weight excluding hydrogens is 162 g/mol. The van der Waals surface area contributed by atoms with Gasteiger partial charge in [0.1, 0.15) is 0 Å². The Bertz CT molecular complexity index is 42.0. The highest BCUT2D eigenvalue weighted by Crippen LogP contribution is 2.79. The second-order valence-electron chi connectivity index (χ2n) is 1.37. The summed E-state index contributed by atoms with van der Waals surface area (Å²) in [7, 11) is 16.0. The van der Waals surface area contributed by atoms with Gasteiger partial charge in [-0.3, -0.25) is 0 Å². The first kappa shape index (κ1) is 7.22. The van der Waals surface area contributed by atoms with Gasteiger partial charge in [-0.05, 0) is 6.26 Å². The Kier molecular flexibility index (Phi) is 1.62. The summed E-state index contributed by atoms with van der Waals surface area (Å²) in [5.74, 6) is 0. The molecule has 0 nitrogen and oxygen atoms in total. The summed E-state index contributed by atoms with van der Waals surface area (Å²) >= 11 is 0. The number of halogens is 3. The summed E-state index contributed by atoms with van der Waals surface area (Å²) < 4.78 is 0. The van der Waals surface area contributed by atoms with Gasteiger partial charge in [0.05, 0.1) is 0 Å². The fourth-order valence-electron chi connectivity index (χ4n) is 0. The van der Waals surface area contributed by atoms with E-state index in [9.17, 15) is 0 Å². The molecule has 0 aromatic rings. The van der Waals surface area contributed by atoms with Crippen LogP contribution in [-0.2, 0) is 0 Å². The lowest BCUT2D eigenvalue weighted by molar-refractivity contribution is 2.43. The largest absolute Gasteiger partial charge is 0.106 e. The predicted molar refractivity (Wildman–Crippen MR) is 37.8 cm³/mol. The van der Waals surface area contributed by atoms with Crippen LogP contribution in [0.4, 0.5) is 0 Å². The highest BCUT2D eigenvalue weighted by Gasteiger charge is 2.17. The van der Waals surface area contributed by atoms with Crippen LogP contribution in [-0.4, -0.2) is 6.26 Å². The number of thiol groups is 1. The van der Waals surface area contributed by atoms with Gasteiger partial charge in [0, 0.05) is 6.26 Å². The zero-order valence-corrected chi connectivity index (χ0v) is 6.45. The minimum atomic E-state index is -2.88. The molecule has 0 unspecified atom stereocenters. The first-order valence-electron chi connectivity index (χ1n) is 1.27. The van der Waals surface area contributed by atoms with Crippen molar-refractivity contribution < 1.29 is 0 Å². The van der Waals surface area contributed by atoms with Crippen LogP contribution in [0.1, 0.15) is 0 Å². The zero-order chi connectivity index (χ0) is 5.45. The first-order chi connectivity index (χ1) is 2.24. The molecule has 0 aliphatic carbocycles. The van der Waals surface area contributed by atoms with Crippen LogP contribution >= 0.6 is 38.8 Å². The molecule has 0 aromatic carbocycles. The highest BCUT2D eigenvalue weighted by molar-refractivity contribution is 8.91. The molecule has 0 N–H and O–H groups in total. The van der Waals surface area contributed by atoms with Crippen LogP contribution in [0.3, 0.4) is 0 Å². The molecule has 0 saturated heterocycles. The molecule has 1 radical (unpaired) electrons. The van der Waals surface area contributed by atoms with Gasteiger partial charge < -0.3 is 0 Å². The van der Waals surface area contributed by atoms with Crippen LogP contribution in [0.25, 0.3) is 0 Å². The van der Waals surface area contributed by atoms with Crippen molar-refractivity contribution >= 4 is 38.8 Å². The van der Waals surface area contributed by atoms with Crippen molar-refractivity contribution in [3.63, 3.8) is 0 Å². The molecule has 0 spiro atoms. The van der Waals surface area contributed by atoms with Crippen LogP contribution in [0, 0.1) is 6.26 Å². The van der Waals surface area contributed by atoms with E-state index in [0.29, 0.717) is 0 Å². The average molecular weight is 168 g/mol. The van der Waals surface area contributed by atoms with Gasteiger partial charge in [-0.15, -0.1) is 6.80 Å². The number of hydrogen-bond acceptors (Lipinski definition) is 0. The van der Waals surface area contributed by atoms with Gasteiger partial charge in [0.15, 0.2) is 0 Å². The Balaban J connectivity index is 3.73. The van der Waals surface area contributed by atoms with Crippen LogP contribution in [0.5, 0.6) is 0 Å². The lowest BCUT2D eigenvalue weighted by atomic mass is 11.9. The van der Waals surface area contributed by atoms with Crippen LogP contribution in [0.2, 0.25) is 0 Å². The summed E-state index contributed by atoms with van der Waals surface area (Å²) in [5, 5.41) is 0. The predicted octanol–water partition coefficient (Wildman–Crippen LogP) is 2.94. The Morgan fingerprint density at radius 3 is 1.33 bits per heavy atom.